The largest absolute Gasteiger partial charge is 0.486 e. The van der Waals surface area contributed by atoms with Gasteiger partial charge in [-0.15, -0.1) is 0 Å². The molecular formula is C43H46O2. The van der Waals surface area contributed by atoms with Crippen LogP contribution in [-0.4, -0.2) is 11.2 Å². The van der Waals surface area contributed by atoms with Crippen LogP contribution in [-0.2, 0) is 16.2 Å². The Morgan fingerprint density at radius 1 is 0.422 bits per heavy atom. The quantitative estimate of drug-likeness (QED) is 0.230. The van der Waals surface area contributed by atoms with Crippen LogP contribution in [0.15, 0.2) is 72.8 Å². The van der Waals surface area contributed by atoms with Crippen LogP contribution in [0, 0.1) is 0 Å². The first-order valence-electron chi connectivity index (χ1n) is 17.4. The van der Waals surface area contributed by atoms with E-state index in [4.69, 9.17) is 9.47 Å². The summed E-state index contributed by atoms with van der Waals surface area (Å²) < 4.78 is 13.3. The van der Waals surface area contributed by atoms with Gasteiger partial charge in [0.2, 0.25) is 0 Å². The van der Waals surface area contributed by atoms with Crippen LogP contribution in [0.2, 0.25) is 0 Å². The molecule has 4 aromatic rings. The number of benzene rings is 4. The zero-order valence-corrected chi connectivity index (χ0v) is 27.9. The first kappa shape index (κ1) is 27.8. The fourth-order valence-electron chi connectivity index (χ4n) is 10.2. The van der Waals surface area contributed by atoms with Gasteiger partial charge in [-0.05, 0) is 133 Å². The van der Waals surface area contributed by atoms with Crippen molar-refractivity contribution in [2.45, 2.75) is 120 Å². The number of fused-ring (bicyclic) bond motifs is 9. The summed E-state index contributed by atoms with van der Waals surface area (Å²) in [6.07, 6.45) is 9.75. The van der Waals surface area contributed by atoms with Gasteiger partial charge >= 0.3 is 0 Å². The van der Waals surface area contributed by atoms with Crippen LogP contribution in [0.3, 0.4) is 0 Å². The van der Waals surface area contributed by atoms with Gasteiger partial charge < -0.3 is 9.47 Å². The molecule has 0 bridgehead atoms. The molecular weight excluding hydrogens is 548 g/mol. The average molecular weight is 595 g/mol. The smallest absolute Gasteiger partial charge is 0.124 e. The van der Waals surface area contributed by atoms with Crippen LogP contribution in [0.25, 0.3) is 33.4 Å². The minimum absolute atomic E-state index is 0.0793. The Bertz CT molecular complexity index is 1780. The monoisotopic (exact) mass is 594 g/mol. The highest BCUT2D eigenvalue weighted by Crippen LogP contribution is 2.59. The highest BCUT2D eigenvalue weighted by molar-refractivity contribution is 5.86. The molecule has 45 heavy (non-hydrogen) atoms. The fraction of sp³-hybridized carbons (Fsp3) is 0.442. The second kappa shape index (κ2) is 8.84. The van der Waals surface area contributed by atoms with Crippen molar-refractivity contribution in [1.82, 2.24) is 0 Å². The molecule has 2 nitrogen and oxygen atoms in total. The van der Waals surface area contributed by atoms with Gasteiger partial charge in [-0.1, -0.05) is 76.9 Å². The van der Waals surface area contributed by atoms with E-state index in [1.165, 1.54) is 94.2 Å². The zero-order valence-electron chi connectivity index (χ0n) is 27.9. The summed E-state index contributed by atoms with van der Waals surface area (Å²) in [5.41, 5.74) is 13.5. The molecule has 3 aliphatic carbocycles. The summed E-state index contributed by atoms with van der Waals surface area (Å²) in [4.78, 5) is 0. The Morgan fingerprint density at radius 3 is 1.20 bits per heavy atom. The van der Waals surface area contributed by atoms with Crippen molar-refractivity contribution in [2.24, 2.45) is 0 Å². The summed E-state index contributed by atoms with van der Waals surface area (Å²) in [6, 6.07) is 28.2. The molecule has 230 valence electrons. The van der Waals surface area contributed by atoms with Gasteiger partial charge in [0.25, 0.3) is 0 Å². The van der Waals surface area contributed by atoms with Crippen molar-refractivity contribution in [3.63, 3.8) is 0 Å². The number of hydrogen-bond acceptors (Lipinski definition) is 2. The molecule has 4 unspecified atom stereocenters. The van der Waals surface area contributed by atoms with Crippen LogP contribution >= 0.6 is 0 Å². The third-order valence-electron chi connectivity index (χ3n) is 13.7. The van der Waals surface area contributed by atoms with E-state index in [-0.39, 0.29) is 27.4 Å². The van der Waals surface area contributed by atoms with Crippen LogP contribution < -0.4 is 9.47 Å². The van der Waals surface area contributed by atoms with E-state index in [0.717, 1.165) is 24.3 Å². The minimum Gasteiger partial charge on any atom is -0.486 e. The number of rotatable bonds is 2. The summed E-state index contributed by atoms with van der Waals surface area (Å²) in [7, 11) is 0. The van der Waals surface area contributed by atoms with Crippen molar-refractivity contribution >= 4 is 0 Å². The maximum atomic E-state index is 6.64. The van der Waals surface area contributed by atoms with Crippen LogP contribution in [0.4, 0.5) is 0 Å². The van der Waals surface area contributed by atoms with Gasteiger partial charge in [-0.25, -0.2) is 0 Å². The summed E-state index contributed by atoms with van der Waals surface area (Å²) in [6.45, 7) is 14.3. The van der Waals surface area contributed by atoms with Crippen molar-refractivity contribution in [3.8, 4) is 44.9 Å². The van der Waals surface area contributed by atoms with E-state index in [9.17, 15) is 0 Å². The molecule has 4 atom stereocenters. The van der Waals surface area contributed by atoms with E-state index >= 15 is 0 Å². The predicted octanol–water partition coefficient (Wildman–Crippen LogP) is 11.3. The van der Waals surface area contributed by atoms with Gasteiger partial charge in [-0.2, -0.15) is 0 Å². The van der Waals surface area contributed by atoms with E-state index < -0.39 is 0 Å². The lowest BCUT2D eigenvalue weighted by Gasteiger charge is -2.43. The predicted molar refractivity (Wildman–Crippen MR) is 185 cm³/mol. The Balaban J connectivity index is 1.08. The van der Waals surface area contributed by atoms with Crippen LogP contribution in [0.1, 0.15) is 115 Å². The van der Waals surface area contributed by atoms with E-state index in [1.54, 1.807) is 0 Å². The van der Waals surface area contributed by atoms with Gasteiger partial charge in [0, 0.05) is 27.4 Å². The molecule has 0 amide bonds. The van der Waals surface area contributed by atoms with Crippen molar-refractivity contribution in [1.29, 1.82) is 0 Å². The molecule has 0 N–H and O–H groups in total. The van der Waals surface area contributed by atoms with Crippen molar-refractivity contribution in [3.05, 3.63) is 95.1 Å². The minimum atomic E-state index is -0.0921. The lowest BCUT2D eigenvalue weighted by atomic mass is 9.63. The normalized spacial score (nSPS) is 31.5. The summed E-state index contributed by atoms with van der Waals surface area (Å²) >= 11 is 0. The SMILES string of the molecule is CC1(C)c2cc(-c3ccc4c(c3)C3(C)CCCCC3(C)O4)ccc2-c2ccc(-c3ccc4c(c3)C3(C)CCCCC3(C)O4)cc21. The first-order valence-corrected chi connectivity index (χ1v) is 17.4. The Morgan fingerprint density at radius 2 is 0.778 bits per heavy atom. The first-order chi connectivity index (χ1) is 21.5. The molecule has 2 fully saturated rings. The Hall–Kier alpha value is -3.52. The van der Waals surface area contributed by atoms with Gasteiger partial charge in [0.1, 0.15) is 22.7 Å². The molecule has 5 aliphatic rings. The average Bonchev–Trinajstić information content (AvgIpc) is 3.52. The molecule has 0 aromatic heterocycles. The summed E-state index contributed by atoms with van der Waals surface area (Å²) in [5.74, 6) is 2.18. The molecule has 0 saturated heterocycles. The molecule has 2 aliphatic heterocycles. The molecule has 2 heteroatoms. The van der Waals surface area contributed by atoms with Crippen LogP contribution in [0.5, 0.6) is 11.5 Å². The topological polar surface area (TPSA) is 18.5 Å². The molecule has 0 radical (unpaired) electrons. The number of hydrogen-bond donors (Lipinski definition) is 0. The lowest BCUT2D eigenvalue weighted by Crippen LogP contribution is -2.49. The number of ether oxygens (including phenoxy) is 2. The van der Waals surface area contributed by atoms with Gasteiger partial charge in [-0.3, -0.25) is 0 Å². The highest BCUT2D eigenvalue weighted by Gasteiger charge is 2.56. The second-order valence-corrected chi connectivity index (χ2v) is 16.3. The molecule has 2 heterocycles. The maximum absolute atomic E-state index is 6.64. The Labute approximate surface area is 269 Å². The second-order valence-electron chi connectivity index (χ2n) is 16.3. The summed E-state index contributed by atoms with van der Waals surface area (Å²) in [5, 5.41) is 0. The van der Waals surface area contributed by atoms with Gasteiger partial charge in [0.05, 0.1) is 0 Å². The van der Waals surface area contributed by atoms with E-state index in [1.807, 2.05) is 0 Å². The Kier molecular flexibility index (Phi) is 5.45. The third kappa shape index (κ3) is 3.52. The third-order valence-corrected chi connectivity index (χ3v) is 13.7. The fourth-order valence-corrected chi connectivity index (χ4v) is 10.2. The van der Waals surface area contributed by atoms with Crippen molar-refractivity contribution in [2.75, 3.05) is 0 Å². The zero-order chi connectivity index (χ0) is 31.0. The molecule has 9 rings (SSSR count). The van der Waals surface area contributed by atoms with E-state index in [2.05, 4.69) is 114 Å². The molecule has 2 saturated carbocycles. The van der Waals surface area contributed by atoms with Crippen molar-refractivity contribution < 1.29 is 9.47 Å². The molecule has 0 spiro atoms. The van der Waals surface area contributed by atoms with Gasteiger partial charge in [0.15, 0.2) is 0 Å². The van der Waals surface area contributed by atoms with E-state index in [0.29, 0.717) is 0 Å². The standard InChI is InChI=1S/C43H46O2/c1-39(2)33-23-27(29-13-17-37-35(25-29)40(3)19-7-9-21-42(40,5)44-37)11-15-31(33)32-16-12-28(24-34(32)39)30-14-18-38-36(26-30)41(4)20-8-10-22-43(41,6)45-38/h11-18,23-26H,7-10,19-22H2,1-6H3. The molecule has 4 aromatic carbocycles. The maximum Gasteiger partial charge on any atom is 0.124 e. The highest BCUT2D eigenvalue weighted by atomic mass is 16.5. The lowest BCUT2D eigenvalue weighted by molar-refractivity contribution is 0.00727.